The maximum absolute atomic E-state index is 12.7. The van der Waals surface area contributed by atoms with E-state index < -0.39 is 28.3 Å². The van der Waals surface area contributed by atoms with Gasteiger partial charge in [0.15, 0.2) is 0 Å². The van der Waals surface area contributed by atoms with E-state index in [2.05, 4.69) is 0 Å². The molecule has 6 heteroatoms. The van der Waals surface area contributed by atoms with Crippen molar-refractivity contribution in [1.82, 2.24) is 9.80 Å². The number of likely N-dealkylation sites (N-methyl/N-ethyl adjacent to an activating group) is 2. The van der Waals surface area contributed by atoms with Crippen molar-refractivity contribution in [2.45, 2.75) is 13.5 Å². The van der Waals surface area contributed by atoms with Crippen LogP contribution in [0.5, 0.6) is 0 Å². The first-order valence-corrected chi connectivity index (χ1v) is 9.34. The quantitative estimate of drug-likeness (QED) is 0.705. The monoisotopic (exact) mass is 380 g/mol. The van der Waals surface area contributed by atoms with Gasteiger partial charge in [0.05, 0.1) is 0 Å². The summed E-state index contributed by atoms with van der Waals surface area (Å²) in [4.78, 5) is 28.3. The number of nitrogens with zero attached hydrogens (tertiary/aromatic N) is 2. The molecule has 1 aromatic carbocycles. The molecule has 1 aromatic rings. The van der Waals surface area contributed by atoms with E-state index >= 15 is 0 Å². The molecule has 5 nitrogen and oxygen atoms in total. The predicted octanol–water partition coefficient (Wildman–Crippen LogP) is -0.738. The SMILES string of the molecule is CN1C(=O)[C@@]2(Cc3ccccc3)[Sn][C@]1(CO)C(=O)N2C. The summed E-state index contributed by atoms with van der Waals surface area (Å²) < 4.78 is -1.58. The van der Waals surface area contributed by atoms with Crippen molar-refractivity contribution in [1.29, 1.82) is 0 Å². The van der Waals surface area contributed by atoms with Crippen LogP contribution in [0.4, 0.5) is 0 Å². The number of amides is 2. The summed E-state index contributed by atoms with van der Waals surface area (Å²) in [7, 11) is 3.35. The number of hydrogen-bond donors (Lipinski definition) is 1. The average molecular weight is 379 g/mol. The summed E-state index contributed by atoms with van der Waals surface area (Å²) in [5.41, 5.74) is 1.06. The molecule has 3 rings (SSSR count). The van der Waals surface area contributed by atoms with E-state index in [1.165, 1.54) is 4.90 Å². The van der Waals surface area contributed by atoms with Crippen LogP contribution in [0.2, 0.25) is 0 Å². The Kier molecular flexibility index (Phi) is 3.09. The molecule has 2 fully saturated rings. The third-order valence-corrected chi connectivity index (χ3v) is 10.9. The Morgan fingerprint density at radius 3 is 2.20 bits per heavy atom. The Labute approximate surface area is 127 Å². The van der Waals surface area contributed by atoms with Gasteiger partial charge in [0.2, 0.25) is 0 Å². The number of piperazine rings is 1. The molecule has 0 unspecified atom stereocenters. The Bertz CT molecular complexity index is 579. The van der Waals surface area contributed by atoms with E-state index in [-0.39, 0.29) is 18.4 Å². The van der Waals surface area contributed by atoms with Crippen molar-refractivity contribution in [2.75, 3.05) is 20.7 Å². The molecule has 2 aliphatic heterocycles. The van der Waals surface area contributed by atoms with Gasteiger partial charge in [-0.3, -0.25) is 0 Å². The number of aliphatic hydroxyl groups is 1. The van der Waals surface area contributed by atoms with Gasteiger partial charge in [0.25, 0.3) is 0 Å². The first-order valence-electron chi connectivity index (χ1n) is 6.48. The van der Waals surface area contributed by atoms with Crippen LogP contribution in [0, 0.1) is 0 Å². The number of rotatable bonds is 3. The molecular weight excluding hydrogens is 363 g/mol. The van der Waals surface area contributed by atoms with Gasteiger partial charge in [-0.2, -0.15) is 0 Å². The van der Waals surface area contributed by atoms with E-state index in [0.717, 1.165) is 5.56 Å². The zero-order valence-electron chi connectivity index (χ0n) is 11.5. The molecule has 2 bridgehead atoms. The summed E-state index contributed by atoms with van der Waals surface area (Å²) in [5.74, 6) is -0.103. The number of hydrogen-bond acceptors (Lipinski definition) is 3. The number of carbonyl (C=O) groups excluding carboxylic acids is 2. The zero-order chi connectivity index (χ0) is 14.5. The zero-order valence-corrected chi connectivity index (χ0v) is 14.3. The summed E-state index contributed by atoms with van der Waals surface area (Å²) in [5, 5.41) is 9.70. The van der Waals surface area contributed by atoms with Crippen LogP contribution in [0.1, 0.15) is 5.56 Å². The topological polar surface area (TPSA) is 60.9 Å². The number of aliphatic hydroxyl groups excluding tert-OH is 1. The van der Waals surface area contributed by atoms with Crippen LogP contribution in [0.15, 0.2) is 30.3 Å². The second kappa shape index (κ2) is 4.46. The molecule has 1 N–H and O–H groups in total. The third kappa shape index (κ3) is 1.53. The van der Waals surface area contributed by atoms with E-state index in [1.807, 2.05) is 30.3 Å². The molecule has 0 spiro atoms. The minimum atomic E-state index is -1.48. The first kappa shape index (κ1) is 13.9. The van der Waals surface area contributed by atoms with Crippen LogP contribution >= 0.6 is 0 Å². The molecule has 2 amide bonds. The summed E-state index contributed by atoms with van der Waals surface area (Å²) in [6, 6.07) is 9.78. The van der Waals surface area contributed by atoms with Crippen LogP contribution in [0.25, 0.3) is 0 Å². The average Bonchev–Trinajstić information content (AvgIpc) is 2.82. The minimum absolute atomic E-state index is 0.0101. The van der Waals surface area contributed by atoms with Crippen LogP contribution in [-0.4, -0.2) is 75.7 Å². The van der Waals surface area contributed by atoms with E-state index in [9.17, 15) is 14.7 Å². The van der Waals surface area contributed by atoms with Crippen molar-refractivity contribution < 1.29 is 14.7 Å². The van der Waals surface area contributed by atoms with E-state index in [4.69, 9.17) is 0 Å². The van der Waals surface area contributed by atoms with Crippen molar-refractivity contribution in [3.63, 3.8) is 0 Å². The molecule has 2 radical (unpaired) electrons. The van der Waals surface area contributed by atoms with Gasteiger partial charge >= 0.3 is 128 Å². The van der Waals surface area contributed by atoms with Gasteiger partial charge in [0.1, 0.15) is 0 Å². The van der Waals surface area contributed by atoms with Crippen molar-refractivity contribution in [3.05, 3.63) is 35.9 Å². The van der Waals surface area contributed by atoms with Gasteiger partial charge in [0, 0.05) is 0 Å². The predicted molar refractivity (Wildman–Crippen MR) is 74.0 cm³/mol. The molecule has 0 aromatic heterocycles. The van der Waals surface area contributed by atoms with E-state index in [1.54, 1.807) is 19.0 Å². The number of carbonyl (C=O) groups is 2. The second-order valence-electron chi connectivity index (χ2n) is 5.39. The van der Waals surface area contributed by atoms with Gasteiger partial charge in [-0.1, -0.05) is 0 Å². The Hall–Kier alpha value is -1.08. The Morgan fingerprint density at radius 1 is 1.05 bits per heavy atom. The molecule has 2 aliphatic rings. The fourth-order valence-corrected chi connectivity index (χ4v) is 9.27. The fraction of sp³-hybridized carbons (Fsp3) is 0.429. The summed E-state index contributed by atoms with van der Waals surface area (Å²) in [6.07, 6.45) is 0.563. The molecule has 104 valence electrons. The summed E-state index contributed by atoms with van der Waals surface area (Å²) >= 11 is -1.48. The third-order valence-electron chi connectivity index (χ3n) is 4.41. The van der Waals surface area contributed by atoms with Crippen LogP contribution < -0.4 is 0 Å². The van der Waals surface area contributed by atoms with E-state index in [0.29, 0.717) is 6.42 Å². The normalized spacial score (nSPS) is 32.4. The Balaban J connectivity index is 2.04. The molecule has 20 heavy (non-hydrogen) atoms. The Morgan fingerprint density at radius 2 is 1.60 bits per heavy atom. The van der Waals surface area contributed by atoms with Gasteiger partial charge in [-0.15, -0.1) is 0 Å². The molecule has 2 saturated heterocycles. The second-order valence-corrected chi connectivity index (χ2v) is 10.8. The van der Waals surface area contributed by atoms with Crippen LogP contribution in [0.3, 0.4) is 0 Å². The molecule has 2 heterocycles. The van der Waals surface area contributed by atoms with Gasteiger partial charge in [-0.25, -0.2) is 0 Å². The van der Waals surface area contributed by atoms with Crippen LogP contribution in [-0.2, 0) is 16.0 Å². The number of fused-ring (bicyclic) bond motifs is 2. The van der Waals surface area contributed by atoms with Crippen molar-refractivity contribution >= 4 is 33.0 Å². The fourth-order valence-electron chi connectivity index (χ4n) is 3.15. The number of benzene rings is 1. The van der Waals surface area contributed by atoms with Gasteiger partial charge < -0.3 is 0 Å². The molecular formula is C14H16N2O3Sn. The summed E-state index contributed by atoms with van der Waals surface area (Å²) in [6.45, 7) is -0.249. The van der Waals surface area contributed by atoms with Gasteiger partial charge in [-0.05, 0) is 0 Å². The molecule has 2 atom stereocenters. The van der Waals surface area contributed by atoms with Crippen molar-refractivity contribution in [2.24, 2.45) is 0 Å². The maximum atomic E-state index is 12.7. The standard InChI is InChI=1S/C14H16N2O3.Sn/c1-15-11(8-10-6-4-3-5-7-10)13(18)16(2)12(9-17)14(15)19;/h3-7,17H,8-9H2,1-2H3;. The first-order chi connectivity index (χ1) is 9.48. The van der Waals surface area contributed by atoms with Crippen molar-refractivity contribution in [3.8, 4) is 0 Å². The molecule has 0 saturated carbocycles. The molecule has 0 aliphatic carbocycles.